The van der Waals surface area contributed by atoms with Crippen molar-refractivity contribution in [1.82, 2.24) is 15.1 Å². The number of nitrogens with one attached hydrogen (secondary N) is 1. The Morgan fingerprint density at radius 2 is 2.00 bits per heavy atom. The van der Waals surface area contributed by atoms with Crippen molar-refractivity contribution in [1.29, 1.82) is 0 Å². The molecule has 15 heavy (non-hydrogen) atoms. The first kappa shape index (κ1) is 12.4. The fourth-order valence-corrected chi connectivity index (χ4v) is 1.57. The lowest BCUT2D eigenvalue weighted by Crippen LogP contribution is -2.49. The number of carbonyl (C=O) groups is 1. The molecular formula is C10H21N3O2. The third-order valence-electron chi connectivity index (χ3n) is 2.64. The Balaban J connectivity index is 2.11. The molecule has 0 bridgehead atoms. The Kier molecular flexibility index (Phi) is 5.60. The SMILES string of the molecule is CN1CCN(C(=O)CNCCCO)CC1. The second kappa shape index (κ2) is 6.76. The summed E-state index contributed by atoms with van der Waals surface area (Å²) in [6.45, 7) is 4.86. The maximum atomic E-state index is 11.7. The molecule has 1 rings (SSSR count). The number of aliphatic hydroxyl groups excluding tert-OH is 1. The third-order valence-corrected chi connectivity index (χ3v) is 2.64. The fraction of sp³-hybridized carbons (Fsp3) is 0.900. The van der Waals surface area contributed by atoms with Crippen molar-refractivity contribution in [3.63, 3.8) is 0 Å². The van der Waals surface area contributed by atoms with E-state index < -0.39 is 0 Å². The molecule has 0 aromatic carbocycles. The van der Waals surface area contributed by atoms with Crippen molar-refractivity contribution < 1.29 is 9.90 Å². The van der Waals surface area contributed by atoms with Crippen LogP contribution in [0.5, 0.6) is 0 Å². The first-order valence-corrected chi connectivity index (χ1v) is 5.52. The number of amides is 1. The van der Waals surface area contributed by atoms with Crippen molar-refractivity contribution in [3.05, 3.63) is 0 Å². The maximum Gasteiger partial charge on any atom is 0.236 e. The lowest BCUT2D eigenvalue weighted by Gasteiger charge is -2.32. The summed E-state index contributed by atoms with van der Waals surface area (Å²) in [6.07, 6.45) is 0.704. The van der Waals surface area contributed by atoms with E-state index in [1.165, 1.54) is 0 Å². The highest BCUT2D eigenvalue weighted by Gasteiger charge is 2.17. The molecule has 5 nitrogen and oxygen atoms in total. The molecule has 0 unspecified atom stereocenters. The minimum atomic E-state index is 0.168. The van der Waals surface area contributed by atoms with Gasteiger partial charge in [-0.2, -0.15) is 0 Å². The molecule has 1 fully saturated rings. The van der Waals surface area contributed by atoms with Gasteiger partial charge in [-0.25, -0.2) is 0 Å². The Morgan fingerprint density at radius 1 is 1.33 bits per heavy atom. The number of piperazine rings is 1. The van der Waals surface area contributed by atoms with Crippen LogP contribution in [-0.2, 0) is 4.79 Å². The lowest BCUT2D eigenvalue weighted by atomic mass is 10.3. The summed E-state index contributed by atoms with van der Waals surface area (Å²) in [4.78, 5) is 15.8. The Labute approximate surface area is 91.0 Å². The first-order chi connectivity index (χ1) is 7.24. The molecule has 0 saturated carbocycles. The molecule has 0 aromatic heterocycles. The van der Waals surface area contributed by atoms with Gasteiger partial charge < -0.3 is 20.2 Å². The van der Waals surface area contributed by atoms with Crippen LogP contribution in [0.3, 0.4) is 0 Å². The van der Waals surface area contributed by atoms with Crippen LogP contribution in [0.15, 0.2) is 0 Å². The lowest BCUT2D eigenvalue weighted by molar-refractivity contribution is -0.131. The normalized spacial score (nSPS) is 18.1. The summed E-state index contributed by atoms with van der Waals surface area (Å²) in [5, 5.41) is 11.6. The zero-order valence-electron chi connectivity index (χ0n) is 9.41. The van der Waals surface area contributed by atoms with Crippen molar-refractivity contribution >= 4 is 5.91 Å². The Hall–Kier alpha value is -0.650. The fourth-order valence-electron chi connectivity index (χ4n) is 1.57. The smallest absolute Gasteiger partial charge is 0.236 e. The Morgan fingerprint density at radius 3 is 2.60 bits per heavy atom. The van der Waals surface area contributed by atoms with Gasteiger partial charge in [0.15, 0.2) is 0 Å². The molecule has 2 N–H and O–H groups in total. The number of carbonyl (C=O) groups excluding carboxylic acids is 1. The number of aliphatic hydroxyl groups is 1. The quantitative estimate of drug-likeness (QED) is 0.562. The maximum absolute atomic E-state index is 11.7. The van der Waals surface area contributed by atoms with Crippen molar-refractivity contribution in [2.24, 2.45) is 0 Å². The Bertz CT molecular complexity index is 191. The van der Waals surface area contributed by atoms with Gasteiger partial charge >= 0.3 is 0 Å². The van der Waals surface area contributed by atoms with Crippen LogP contribution in [0, 0.1) is 0 Å². The number of hydrogen-bond donors (Lipinski definition) is 2. The average molecular weight is 215 g/mol. The van der Waals surface area contributed by atoms with Gasteiger partial charge in [-0.1, -0.05) is 0 Å². The van der Waals surface area contributed by atoms with Crippen LogP contribution in [0.1, 0.15) is 6.42 Å². The molecule has 88 valence electrons. The van der Waals surface area contributed by atoms with E-state index in [0.717, 1.165) is 26.2 Å². The summed E-state index contributed by atoms with van der Waals surface area (Å²) >= 11 is 0. The largest absolute Gasteiger partial charge is 0.396 e. The molecule has 0 radical (unpaired) electrons. The van der Waals surface area contributed by atoms with Crippen LogP contribution in [0.2, 0.25) is 0 Å². The van der Waals surface area contributed by atoms with E-state index in [2.05, 4.69) is 17.3 Å². The summed E-state index contributed by atoms with van der Waals surface area (Å²) in [7, 11) is 2.07. The van der Waals surface area contributed by atoms with Crippen LogP contribution >= 0.6 is 0 Å². The number of hydrogen-bond acceptors (Lipinski definition) is 4. The minimum Gasteiger partial charge on any atom is -0.396 e. The summed E-state index contributed by atoms with van der Waals surface area (Å²) in [6, 6.07) is 0. The van der Waals surface area contributed by atoms with Gasteiger partial charge in [0, 0.05) is 32.8 Å². The molecule has 1 amide bonds. The van der Waals surface area contributed by atoms with E-state index in [-0.39, 0.29) is 12.5 Å². The van der Waals surface area contributed by atoms with E-state index in [4.69, 9.17) is 5.11 Å². The molecule has 0 atom stereocenters. The van der Waals surface area contributed by atoms with Crippen LogP contribution in [0.4, 0.5) is 0 Å². The van der Waals surface area contributed by atoms with Gasteiger partial charge in [0.2, 0.25) is 5.91 Å². The molecule has 0 aromatic rings. The molecule has 0 spiro atoms. The monoisotopic (exact) mass is 215 g/mol. The first-order valence-electron chi connectivity index (χ1n) is 5.52. The van der Waals surface area contributed by atoms with E-state index in [0.29, 0.717) is 19.5 Å². The number of nitrogens with zero attached hydrogens (tertiary/aromatic N) is 2. The van der Waals surface area contributed by atoms with Gasteiger partial charge in [0.25, 0.3) is 0 Å². The standard InChI is InChI=1S/C10H21N3O2/c1-12-4-6-13(7-5-12)10(15)9-11-3-2-8-14/h11,14H,2-9H2,1H3. The van der Waals surface area contributed by atoms with Crippen LogP contribution in [0.25, 0.3) is 0 Å². The van der Waals surface area contributed by atoms with E-state index in [9.17, 15) is 4.79 Å². The summed E-state index contributed by atoms with van der Waals surface area (Å²) in [5.41, 5.74) is 0. The van der Waals surface area contributed by atoms with Crippen LogP contribution < -0.4 is 5.32 Å². The zero-order chi connectivity index (χ0) is 11.1. The summed E-state index contributed by atoms with van der Waals surface area (Å²) in [5.74, 6) is 0.168. The highest BCUT2D eigenvalue weighted by molar-refractivity contribution is 5.78. The van der Waals surface area contributed by atoms with Gasteiger partial charge in [-0.3, -0.25) is 4.79 Å². The van der Waals surface area contributed by atoms with E-state index in [1.54, 1.807) is 0 Å². The molecule has 1 aliphatic heterocycles. The number of likely N-dealkylation sites (N-methyl/N-ethyl adjacent to an activating group) is 1. The van der Waals surface area contributed by atoms with Gasteiger partial charge in [-0.05, 0) is 20.0 Å². The summed E-state index contributed by atoms with van der Waals surface area (Å²) < 4.78 is 0. The predicted octanol–water partition coefficient (Wildman–Crippen LogP) is -1.27. The third kappa shape index (κ3) is 4.59. The van der Waals surface area contributed by atoms with Gasteiger partial charge in [0.1, 0.15) is 0 Å². The number of rotatable bonds is 5. The zero-order valence-corrected chi connectivity index (χ0v) is 9.41. The highest BCUT2D eigenvalue weighted by atomic mass is 16.3. The topological polar surface area (TPSA) is 55.8 Å². The van der Waals surface area contributed by atoms with E-state index in [1.807, 2.05) is 4.90 Å². The van der Waals surface area contributed by atoms with Gasteiger partial charge in [-0.15, -0.1) is 0 Å². The second-order valence-corrected chi connectivity index (χ2v) is 3.94. The van der Waals surface area contributed by atoms with Crippen molar-refractivity contribution in [3.8, 4) is 0 Å². The second-order valence-electron chi connectivity index (χ2n) is 3.94. The molecular weight excluding hydrogens is 194 g/mol. The minimum absolute atomic E-state index is 0.168. The van der Waals surface area contributed by atoms with E-state index >= 15 is 0 Å². The van der Waals surface area contributed by atoms with Crippen molar-refractivity contribution in [2.75, 3.05) is 52.9 Å². The van der Waals surface area contributed by atoms with Crippen LogP contribution in [-0.4, -0.2) is 73.7 Å². The molecule has 1 aliphatic rings. The average Bonchev–Trinajstić information content (AvgIpc) is 2.25. The molecule has 1 saturated heterocycles. The van der Waals surface area contributed by atoms with Gasteiger partial charge in [0.05, 0.1) is 6.54 Å². The highest BCUT2D eigenvalue weighted by Crippen LogP contribution is 1.98. The molecule has 5 heteroatoms. The molecule has 0 aliphatic carbocycles. The predicted molar refractivity (Wildman–Crippen MR) is 58.6 cm³/mol. The van der Waals surface area contributed by atoms with Crippen molar-refractivity contribution in [2.45, 2.75) is 6.42 Å². The molecule has 1 heterocycles.